The van der Waals surface area contributed by atoms with Crippen LogP contribution in [0.1, 0.15) is 49.0 Å². The molecule has 4 heteroatoms. The van der Waals surface area contributed by atoms with Crippen molar-refractivity contribution in [2.75, 3.05) is 0 Å². The van der Waals surface area contributed by atoms with Crippen LogP contribution in [-0.4, -0.2) is 4.57 Å². The molecule has 1 heterocycles. The summed E-state index contributed by atoms with van der Waals surface area (Å²) in [5.74, 6) is -0.308. The summed E-state index contributed by atoms with van der Waals surface area (Å²) >= 11 is 0. The molecular weight excluding hydrogens is 279 g/mol. The SMILES string of the molecule is CCCCCn1c(C)ccc(C(N)c2ccc(F)cc2)c1=O. The predicted octanol–water partition coefficient (Wildman–Crippen LogP) is 3.53. The van der Waals surface area contributed by atoms with Crippen LogP contribution in [-0.2, 0) is 6.54 Å². The summed E-state index contributed by atoms with van der Waals surface area (Å²) in [5, 5.41) is 0. The van der Waals surface area contributed by atoms with Gasteiger partial charge in [0.15, 0.2) is 0 Å². The Morgan fingerprint density at radius 1 is 1.14 bits per heavy atom. The maximum Gasteiger partial charge on any atom is 0.255 e. The van der Waals surface area contributed by atoms with E-state index in [9.17, 15) is 9.18 Å². The molecule has 0 aliphatic heterocycles. The van der Waals surface area contributed by atoms with E-state index in [0.29, 0.717) is 12.1 Å². The molecule has 0 aliphatic carbocycles. The van der Waals surface area contributed by atoms with Gasteiger partial charge in [-0.3, -0.25) is 4.79 Å². The fourth-order valence-corrected chi connectivity index (χ4v) is 2.57. The Labute approximate surface area is 130 Å². The Balaban J connectivity index is 2.33. The van der Waals surface area contributed by atoms with Crippen molar-refractivity contribution in [2.24, 2.45) is 5.73 Å². The summed E-state index contributed by atoms with van der Waals surface area (Å²) < 4.78 is 14.8. The molecule has 2 rings (SSSR count). The molecule has 0 aliphatic rings. The van der Waals surface area contributed by atoms with Crippen molar-refractivity contribution in [1.29, 1.82) is 0 Å². The number of nitrogens with zero attached hydrogens (tertiary/aromatic N) is 1. The Morgan fingerprint density at radius 2 is 1.82 bits per heavy atom. The molecule has 0 amide bonds. The maximum absolute atomic E-state index is 13.0. The number of hydrogen-bond donors (Lipinski definition) is 1. The molecule has 1 aromatic heterocycles. The van der Waals surface area contributed by atoms with Gasteiger partial charge in [0.05, 0.1) is 6.04 Å². The Kier molecular flexibility index (Phi) is 5.50. The van der Waals surface area contributed by atoms with Gasteiger partial charge in [0.2, 0.25) is 0 Å². The molecular formula is C18H23FN2O. The molecule has 0 saturated carbocycles. The van der Waals surface area contributed by atoms with Gasteiger partial charge in [0.25, 0.3) is 5.56 Å². The van der Waals surface area contributed by atoms with Crippen molar-refractivity contribution in [1.82, 2.24) is 4.57 Å². The molecule has 3 nitrogen and oxygen atoms in total. The van der Waals surface area contributed by atoms with Gasteiger partial charge in [-0.15, -0.1) is 0 Å². The van der Waals surface area contributed by atoms with E-state index in [1.807, 2.05) is 13.0 Å². The average molecular weight is 302 g/mol. The van der Waals surface area contributed by atoms with E-state index in [1.165, 1.54) is 12.1 Å². The Morgan fingerprint density at radius 3 is 2.45 bits per heavy atom. The third kappa shape index (κ3) is 3.63. The number of rotatable bonds is 6. The first-order valence-corrected chi connectivity index (χ1v) is 7.76. The van der Waals surface area contributed by atoms with Crippen molar-refractivity contribution in [2.45, 2.75) is 45.7 Å². The summed E-state index contributed by atoms with van der Waals surface area (Å²) in [5.41, 5.74) is 8.39. The zero-order valence-electron chi connectivity index (χ0n) is 13.2. The quantitative estimate of drug-likeness (QED) is 0.830. The first-order chi connectivity index (χ1) is 10.5. The van der Waals surface area contributed by atoms with E-state index in [4.69, 9.17) is 5.73 Å². The minimum absolute atomic E-state index is 0.0482. The zero-order chi connectivity index (χ0) is 16.1. The first kappa shape index (κ1) is 16.4. The van der Waals surface area contributed by atoms with Gasteiger partial charge in [-0.05, 0) is 43.2 Å². The Hall–Kier alpha value is -1.94. The third-order valence-electron chi connectivity index (χ3n) is 3.97. The van der Waals surface area contributed by atoms with Crippen molar-refractivity contribution in [3.8, 4) is 0 Å². The molecule has 1 aromatic carbocycles. The molecule has 0 fully saturated rings. The lowest BCUT2D eigenvalue weighted by atomic mass is 10.0. The number of aromatic nitrogens is 1. The topological polar surface area (TPSA) is 48.0 Å². The van der Waals surface area contributed by atoms with E-state index in [2.05, 4.69) is 6.92 Å². The molecule has 0 bridgehead atoms. The fourth-order valence-electron chi connectivity index (χ4n) is 2.57. The zero-order valence-corrected chi connectivity index (χ0v) is 13.2. The van der Waals surface area contributed by atoms with Gasteiger partial charge in [-0.25, -0.2) is 4.39 Å². The fraction of sp³-hybridized carbons (Fsp3) is 0.389. The van der Waals surface area contributed by atoms with Crippen LogP contribution < -0.4 is 11.3 Å². The van der Waals surface area contributed by atoms with Crippen LogP contribution in [0.3, 0.4) is 0 Å². The highest BCUT2D eigenvalue weighted by molar-refractivity contribution is 5.31. The highest BCUT2D eigenvalue weighted by atomic mass is 19.1. The monoisotopic (exact) mass is 302 g/mol. The van der Waals surface area contributed by atoms with Gasteiger partial charge < -0.3 is 10.3 Å². The second-order valence-corrected chi connectivity index (χ2v) is 5.62. The van der Waals surface area contributed by atoms with E-state index in [-0.39, 0.29) is 11.4 Å². The molecule has 2 N–H and O–H groups in total. The van der Waals surface area contributed by atoms with Crippen molar-refractivity contribution in [3.05, 3.63) is 69.4 Å². The van der Waals surface area contributed by atoms with Crippen molar-refractivity contribution in [3.63, 3.8) is 0 Å². The smallest absolute Gasteiger partial charge is 0.255 e. The van der Waals surface area contributed by atoms with Crippen LogP contribution in [0, 0.1) is 12.7 Å². The van der Waals surface area contributed by atoms with E-state index in [1.54, 1.807) is 22.8 Å². The van der Waals surface area contributed by atoms with Crippen LogP contribution in [0.25, 0.3) is 0 Å². The van der Waals surface area contributed by atoms with E-state index >= 15 is 0 Å². The number of pyridine rings is 1. The molecule has 22 heavy (non-hydrogen) atoms. The van der Waals surface area contributed by atoms with Crippen LogP contribution in [0.15, 0.2) is 41.2 Å². The average Bonchev–Trinajstić information content (AvgIpc) is 2.51. The lowest BCUT2D eigenvalue weighted by molar-refractivity contribution is 0.569. The molecule has 2 aromatic rings. The van der Waals surface area contributed by atoms with Gasteiger partial charge in [0.1, 0.15) is 5.82 Å². The lowest BCUT2D eigenvalue weighted by Crippen LogP contribution is -2.30. The summed E-state index contributed by atoms with van der Waals surface area (Å²) in [6, 6.07) is 9.15. The van der Waals surface area contributed by atoms with Gasteiger partial charge >= 0.3 is 0 Å². The summed E-state index contributed by atoms with van der Waals surface area (Å²) in [7, 11) is 0. The van der Waals surface area contributed by atoms with Crippen LogP contribution in [0.2, 0.25) is 0 Å². The molecule has 118 valence electrons. The van der Waals surface area contributed by atoms with E-state index < -0.39 is 6.04 Å². The van der Waals surface area contributed by atoms with Gasteiger partial charge in [-0.1, -0.05) is 31.9 Å². The van der Waals surface area contributed by atoms with Crippen molar-refractivity contribution >= 4 is 0 Å². The minimum atomic E-state index is -0.536. The van der Waals surface area contributed by atoms with Crippen molar-refractivity contribution < 1.29 is 4.39 Å². The van der Waals surface area contributed by atoms with Crippen LogP contribution in [0.4, 0.5) is 4.39 Å². The predicted molar refractivity (Wildman–Crippen MR) is 87.4 cm³/mol. The summed E-state index contributed by atoms with van der Waals surface area (Å²) in [6.45, 7) is 4.78. The molecule has 0 radical (unpaired) electrons. The number of halogens is 1. The number of benzene rings is 1. The third-order valence-corrected chi connectivity index (χ3v) is 3.97. The standard InChI is InChI=1S/C18H23FN2O/c1-3-4-5-12-21-13(2)6-11-16(18(21)22)17(20)14-7-9-15(19)10-8-14/h6-11,17H,3-5,12,20H2,1-2H3. The summed E-state index contributed by atoms with van der Waals surface area (Å²) in [6.07, 6.45) is 3.19. The molecule has 0 saturated heterocycles. The van der Waals surface area contributed by atoms with Gasteiger partial charge in [-0.2, -0.15) is 0 Å². The first-order valence-electron chi connectivity index (χ1n) is 7.76. The van der Waals surface area contributed by atoms with E-state index in [0.717, 1.165) is 30.5 Å². The Bertz CT molecular complexity index is 676. The maximum atomic E-state index is 13.0. The summed E-state index contributed by atoms with van der Waals surface area (Å²) in [4.78, 5) is 12.7. The molecule has 1 unspecified atom stereocenters. The molecule has 0 spiro atoms. The normalized spacial score (nSPS) is 12.4. The lowest BCUT2D eigenvalue weighted by Gasteiger charge is -2.16. The van der Waals surface area contributed by atoms with Crippen LogP contribution >= 0.6 is 0 Å². The largest absolute Gasteiger partial charge is 0.320 e. The second kappa shape index (κ2) is 7.36. The van der Waals surface area contributed by atoms with Gasteiger partial charge in [0, 0.05) is 17.8 Å². The molecule has 1 atom stereocenters. The van der Waals surface area contributed by atoms with Crippen LogP contribution in [0.5, 0.6) is 0 Å². The number of hydrogen-bond acceptors (Lipinski definition) is 2. The number of unbranched alkanes of at least 4 members (excludes halogenated alkanes) is 2. The minimum Gasteiger partial charge on any atom is -0.320 e. The second-order valence-electron chi connectivity index (χ2n) is 5.62. The number of aryl methyl sites for hydroxylation is 1. The highest BCUT2D eigenvalue weighted by Gasteiger charge is 2.15. The number of nitrogens with two attached hydrogens (primary N) is 1. The highest BCUT2D eigenvalue weighted by Crippen LogP contribution is 2.17.